The average molecular weight is 248 g/mol. The molecule has 0 radical (unpaired) electrons. The molecule has 2 rings (SSSR count). The lowest BCUT2D eigenvalue weighted by molar-refractivity contribution is 0.0704. The zero-order chi connectivity index (χ0) is 13.0. The number of nitrogens with zero attached hydrogens (tertiary/aromatic N) is 1. The van der Waals surface area contributed by atoms with Gasteiger partial charge in [-0.3, -0.25) is 4.79 Å². The minimum atomic E-state index is 0.105. The van der Waals surface area contributed by atoms with Gasteiger partial charge in [-0.1, -0.05) is 0 Å². The Bertz CT molecular complexity index is 397. The van der Waals surface area contributed by atoms with Gasteiger partial charge in [-0.05, 0) is 44.2 Å². The highest BCUT2D eigenvalue weighted by molar-refractivity contribution is 5.94. The molecule has 1 atom stereocenters. The van der Waals surface area contributed by atoms with Crippen LogP contribution in [0.5, 0.6) is 5.75 Å². The number of carbonyl (C=O) groups is 1. The summed E-state index contributed by atoms with van der Waals surface area (Å²) < 4.78 is 5.10. The number of hydrogen-bond donors (Lipinski definition) is 1. The van der Waals surface area contributed by atoms with Crippen molar-refractivity contribution in [2.24, 2.45) is 0 Å². The van der Waals surface area contributed by atoms with E-state index in [0.717, 1.165) is 37.4 Å². The standard InChI is InChI=1S/C14H20N2O2/c1-3-16(12-8-9-15-10-12)14(17)11-4-6-13(18-2)7-5-11/h4-7,12,15H,3,8-10H2,1-2H3. The van der Waals surface area contributed by atoms with E-state index >= 15 is 0 Å². The maximum atomic E-state index is 12.4. The number of rotatable bonds is 4. The number of amides is 1. The van der Waals surface area contributed by atoms with Gasteiger partial charge in [-0.15, -0.1) is 0 Å². The molecule has 0 aromatic heterocycles. The van der Waals surface area contributed by atoms with Crippen molar-refractivity contribution >= 4 is 5.91 Å². The first kappa shape index (κ1) is 12.9. The van der Waals surface area contributed by atoms with Crippen molar-refractivity contribution in [1.82, 2.24) is 10.2 Å². The summed E-state index contributed by atoms with van der Waals surface area (Å²) in [6.45, 7) is 4.67. The van der Waals surface area contributed by atoms with Gasteiger partial charge in [0.25, 0.3) is 5.91 Å². The molecule has 1 amide bonds. The number of carbonyl (C=O) groups excluding carboxylic acids is 1. The maximum absolute atomic E-state index is 12.4. The zero-order valence-electron chi connectivity index (χ0n) is 11.0. The van der Waals surface area contributed by atoms with Crippen LogP contribution in [0.2, 0.25) is 0 Å². The second-order valence-electron chi connectivity index (χ2n) is 4.47. The molecular formula is C14H20N2O2. The number of hydrogen-bond acceptors (Lipinski definition) is 3. The summed E-state index contributed by atoms with van der Waals surface area (Å²) in [5, 5.41) is 3.30. The van der Waals surface area contributed by atoms with Gasteiger partial charge in [-0.2, -0.15) is 0 Å². The first-order valence-corrected chi connectivity index (χ1v) is 6.42. The van der Waals surface area contributed by atoms with Crippen molar-refractivity contribution in [3.05, 3.63) is 29.8 Å². The number of methoxy groups -OCH3 is 1. The summed E-state index contributed by atoms with van der Waals surface area (Å²) in [5.41, 5.74) is 0.726. The molecule has 98 valence electrons. The molecule has 1 aromatic rings. The summed E-state index contributed by atoms with van der Waals surface area (Å²) in [5.74, 6) is 0.881. The Morgan fingerprint density at radius 1 is 1.44 bits per heavy atom. The van der Waals surface area contributed by atoms with Crippen LogP contribution in [0, 0.1) is 0 Å². The predicted molar refractivity (Wildman–Crippen MR) is 71.0 cm³/mol. The van der Waals surface area contributed by atoms with Crippen molar-refractivity contribution < 1.29 is 9.53 Å². The van der Waals surface area contributed by atoms with Crippen LogP contribution < -0.4 is 10.1 Å². The van der Waals surface area contributed by atoms with Gasteiger partial charge >= 0.3 is 0 Å². The van der Waals surface area contributed by atoms with Crippen LogP contribution in [0.4, 0.5) is 0 Å². The van der Waals surface area contributed by atoms with Gasteiger partial charge in [-0.25, -0.2) is 0 Å². The Hall–Kier alpha value is -1.55. The van der Waals surface area contributed by atoms with Crippen LogP contribution in [0.1, 0.15) is 23.7 Å². The molecule has 1 saturated heterocycles. The van der Waals surface area contributed by atoms with E-state index in [-0.39, 0.29) is 5.91 Å². The third kappa shape index (κ3) is 2.64. The molecule has 0 aliphatic carbocycles. The molecule has 1 unspecified atom stereocenters. The molecule has 4 nitrogen and oxygen atoms in total. The van der Waals surface area contributed by atoms with Crippen LogP contribution in [0.25, 0.3) is 0 Å². The quantitative estimate of drug-likeness (QED) is 0.878. The fourth-order valence-corrected chi connectivity index (χ4v) is 2.37. The largest absolute Gasteiger partial charge is 0.497 e. The van der Waals surface area contributed by atoms with Crippen molar-refractivity contribution in [3.63, 3.8) is 0 Å². The van der Waals surface area contributed by atoms with E-state index in [2.05, 4.69) is 5.32 Å². The highest BCUT2D eigenvalue weighted by Crippen LogP contribution is 2.16. The van der Waals surface area contributed by atoms with Gasteiger partial charge < -0.3 is 15.0 Å². The van der Waals surface area contributed by atoms with E-state index in [4.69, 9.17) is 4.74 Å². The van der Waals surface area contributed by atoms with Crippen LogP contribution in [-0.2, 0) is 0 Å². The molecule has 1 aromatic carbocycles. The molecule has 1 N–H and O–H groups in total. The third-order valence-electron chi connectivity index (χ3n) is 3.41. The molecule has 18 heavy (non-hydrogen) atoms. The van der Waals surface area contributed by atoms with Gasteiger partial charge in [0.2, 0.25) is 0 Å². The lowest BCUT2D eigenvalue weighted by Crippen LogP contribution is -2.41. The summed E-state index contributed by atoms with van der Waals surface area (Å²) >= 11 is 0. The van der Waals surface area contributed by atoms with E-state index < -0.39 is 0 Å². The SMILES string of the molecule is CCN(C(=O)c1ccc(OC)cc1)C1CCNC1. The van der Waals surface area contributed by atoms with Crippen molar-refractivity contribution in [2.75, 3.05) is 26.7 Å². The molecule has 4 heteroatoms. The molecule has 0 saturated carbocycles. The van der Waals surface area contributed by atoms with Crippen molar-refractivity contribution in [1.29, 1.82) is 0 Å². The Morgan fingerprint density at radius 3 is 2.67 bits per heavy atom. The summed E-state index contributed by atoms with van der Waals surface area (Å²) in [4.78, 5) is 14.4. The van der Waals surface area contributed by atoms with Crippen LogP contribution in [-0.4, -0.2) is 43.6 Å². The average Bonchev–Trinajstić information content (AvgIpc) is 2.93. The lowest BCUT2D eigenvalue weighted by Gasteiger charge is -2.27. The second kappa shape index (κ2) is 5.87. The fourth-order valence-electron chi connectivity index (χ4n) is 2.37. The van der Waals surface area contributed by atoms with Crippen molar-refractivity contribution in [3.8, 4) is 5.75 Å². The summed E-state index contributed by atoms with van der Waals surface area (Å²) in [7, 11) is 1.62. The molecule has 1 heterocycles. The van der Waals surface area contributed by atoms with E-state index in [1.54, 1.807) is 7.11 Å². The minimum Gasteiger partial charge on any atom is -0.497 e. The Balaban J connectivity index is 2.11. The summed E-state index contributed by atoms with van der Waals surface area (Å²) in [6.07, 6.45) is 1.04. The van der Waals surface area contributed by atoms with Gasteiger partial charge in [0, 0.05) is 24.7 Å². The predicted octanol–water partition coefficient (Wildman–Crippen LogP) is 1.52. The molecule has 1 aliphatic heterocycles. The normalized spacial score (nSPS) is 18.7. The molecular weight excluding hydrogens is 228 g/mol. The number of benzene rings is 1. The Morgan fingerprint density at radius 2 is 2.17 bits per heavy atom. The van der Waals surface area contributed by atoms with Crippen LogP contribution in [0.15, 0.2) is 24.3 Å². The lowest BCUT2D eigenvalue weighted by atomic mass is 10.1. The third-order valence-corrected chi connectivity index (χ3v) is 3.41. The highest BCUT2D eigenvalue weighted by atomic mass is 16.5. The maximum Gasteiger partial charge on any atom is 0.254 e. The highest BCUT2D eigenvalue weighted by Gasteiger charge is 2.25. The monoisotopic (exact) mass is 248 g/mol. The topological polar surface area (TPSA) is 41.6 Å². The Kier molecular flexibility index (Phi) is 4.20. The van der Waals surface area contributed by atoms with Crippen molar-refractivity contribution in [2.45, 2.75) is 19.4 Å². The first-order valence-electron chi connectivity index (χ1n) is 6.42. The molecule has 0 spiro atoms. The van der Waals surface area contributed by atoms with E-state index in [1.807, 2.05) is 36.1 Å². The van der Waals surface area contributed by atoms with E-state index in [0.29, 0.717) is 6.04 Å². The van der Waals surface area contributed by atoms with Crippen LogP contribution >= 0.6 is 0 Å². The first-order chi connectivity index (χ1) is 8.76. The van der Waals surface area contributed by atoms with E-state index in [9.17, 15) is 4.79 Å². The minimum absolute atomic E-state index is 0.105. The molecule has 1 fully saturated rings. The smallest absolute Gasteiger partial charge is 0.254 e. The second-order valence-corrected chi connectivity index (χ2v) is 4.47. The number of likely N-dealkylation sites (N-methyl/N-ethyl adjacent to an activating group) is 1. The van der Waals surface area contributed by atoms with Gasteiger partial charge in [0.1, 0.15) is 5.75 Å². The van der Waals surface area contributed by atoms with E-state index in [1.165, 1.54) is 0 Å². The number of nitrogens with one attached hydrogen (secondary N) is 1. The molecule has 0 bridgehead atoms. The zero-order valence-corrected chi connectivity index (χ0v) is 11.0. The van der Waals surface area contributed by atoms with Gasteiger partial charge in [0.05, 0.1) is 7.11 Å². The van der Waals surface area contributed by atoms with Gasteiger partial charge in [0.15, 0.2) is 0 Å². The summed E-state index contributed by atoms with van der Waals surface area (Å²) in [6, 6.07) is 7.63. The van der Waals surface area contributed by atoms with Crippen LogP contribution in [0.3, 0.4) is 0 Å². The molecule has 1 aliphatic rings. The Labute approximate surface area is 108 Å². The number of ether oxygens (including phenoxy) is 1. The fraction of sp³-hybridized carbons (Fsp3) is 0.500.